The van der Waals surface area contributed by atoms with Gasteiger partial charge in [-0.1, -0.05) is 15.9 Å². The van der Waals surface area contributed by atoms with Gasteiger partial charge in [-0.15, -0.1) is 5.10 Å². The molecule has 12 heteroatoms. The number of nitro groups is 1. The molecule has 1 heterocycles. The van der Waals surface area contributed by atoms with Crippen molar-refractivity contribution in [2.75, 3.05) is 5.73 Å². The lowest BCUT2D eigenvalue weighted by Gasteiger charge is -2.00. The SMILES string of the molecule is NC(=N/N=C\c1cc(Br)cc([N+](=O)[O-])c1O)c1nonc1N. The topological polar surface area (TPSA) is 179 Å². The predicted molar refractivity (Wildman–Crippen MR) is 79.5 cm³/mol. The minimum absolute atomic E-state index is 0.0154. The molecule has 0 aliphatic rings. The van der Waals surface area contributed by atoms with Crippen molar-refractivity contribution >= 4 is 39.5 Å². The van der Waals surface area contributed by atoms with Gasteiger partial charge in [-0.3, -0.25) is 10.1 Å². The van der Waals surface area contributed by atoms with Crippen LogP contribution >= 0.6 is 15.9 Å². The molecule has 114 valence electrons. The lowest BCUT2D eigenvalue weighted by molar-refractivity contribution is -0.385. The second-order valence-electron chi connectivity index (χ2n) is 3.85. The second-order valence-corrected chi connectivity index (χ2v) is 4.76. The average Bonchev–Trinajstić information content (AvgIpc) is 2.88. The third-order valence-electron chi connectivity index (χ3n) is 2.40. The Morgan fingerprint density at radius 2 is 2.23 bits per heavy atom. The maximum Gasteiger partial charge on any atom is 0.312 e. The summed E-state index contributed by atoms with van der Waals surface area (Å²) in [6, 6.07) is 2.58. The first-order valence-electron chi connectivity index (χ1n) is 5.52. The minimum Gasteiger partial charge on any atom is -0.502 e. The summed E-state index contributed by atoms with van der Waals surface area (Å²) in [5.74, 6) is -0.773. The van der Waals surface area contributed by atoms with E-state index in [4.69, 9.17) is 11.5 Å². The Morgan fingerprint density at radius 3 is 2.82 bits per heavy atom. The fourth-order valence-corrected chi connectivity index (χ4v) is 1.88. The number of phenolic OH excluding ortho intramolecular Hbond substituents is 1. The number of nitrogens with zero attached hydrogens (tertiary/aromatic N) is 5. The summed E-state index contributed by atoms with van der Waals surface area (Å²) in [6.45, 7) is 0. The van der Waals surface area contributed by atoms with Crippen LogP contribution in [0.1, 0.15) is 11.3 Å². The highest BCUT2D eigenvalue weighted by molar-refractivity contribution is 9.10. The van der Waals surface area contributed by atoms with E-state index < -0.39 is 16.4 Å². The van der Waals surface area contributed by atoms with Gasteiger partial charge in [0.05, 0.1) is 11.1 Å². The molecule has 1 aromatic heterocycles. The third-order valence-corrected chi connectivity index (χ3v) is 2.86. The molecule has 0 unspecified atom stereocenters. The molecule has 0 spiro atoms. The van der Waals surface area contributed by atoms with Crippen LogP contribution in [0.25, 0.3) is 0 Å². The number of benzene rings is 1. The van der Waals surface area contributed by atoms with E-state index in [0.29, 0.717) is 4.47 Å². The number of nitrogens with two attached hydrogens (primary N) is 2. The fourth-order valence-electron chi connectivity index (χ4n) is 1.42. The Morgan fingerprint density at radius 1 is 1.50 bits per heavy atom. The molecular weight excluding hydrogens is 362 g/mol. The van der Waals surface area contributed by atoms with E-state index in [1.807, 2.05) is 0 Å². The lowest BCUT2D eigenvalue weighted by Crippen LogP contribution is -2.15. The van der Waals surface area contributed by atoms with Gasteiger partial charge in [0.15, 0.2) is 17.3 Å². The lowest BCUT2D eigenvalue weighted by atomic mass is 10.2. The first-order chi connectivity index (χ1) is 10.4. The van der Waals surface area contributed by atoms with Gasteiger partial charge in [0, 0.05) is 16.1 Å². The van der Waals surface area contributed by atoms with Crippen molar-refractivity contribution in [3.05, 3.63) is 38.0 Å². The molecule has 1 aromatic carbocycles. The first-order valence-corrected chi connectivity index (χ1v) is 6.31. The van der Waals surface area contributed by atoms with Gasteiger partial charge in [-0.05, 0) is 16.4 Å². The zero-order valence-electron chi connectivity index (χ0n) is 10.7. The summed E-state index contributed by atoms with van der Waals surface area (Å²) < 4.78 is 4.74. The van der Waals surface area contributed by atoms with Gasteiger partial charge >= 0.3 is 5.69 Å². The Kier molecular flexibility index (Phi) is 4.31. The van der Waals surface area contributed by atoms with Crippen LogP contribution < -0.4 is 11.5 Å². The number of halogens is 1. The molecule has 0 fully saturated rings. The van der Waals surface area contributed by atoms with Crippen LogP contribution in [0.4, 0.5) is 11.5 Å². The quantitative estimate of drug-likeness (QED) is 0.305. The normalized spacial score (nSPS) is 12.0. The summed E-state index contributed by atoms with van der Waals surface area (Å²) in [5, 5.41) is 34.5. The summed E-state index contributed by atoms with van der Waals surface area (Å²) in [7, 11) is 0. The van der Waals surface area contributed by atoms with E-state index in [1.165, 1.54) is 6.07 Å². The predicted octanol–water partition coefficient (Wildman–Crippen LogP) is 0.767. The Hall–Kier alpha value is -3.02. The van der Waals surface area contributed by atoms with Crippen LogP contribution in [0.5, 0.6) is 5.75 Å². The van der Waals surface area contributed by atoms with Crippen molar-refractivity contribution < 1.29 is 14.7 Å². The Balaban J connectivity index is 2.31. The van der Waals surface area contributed by atoms with Crippen LogP contribution in [0.2, 0.25) is 0 Å². The maximum atomic E-state index is 10.8. The summed E-state index contributed by atoms with van der Waals surface area (Å²) in [6.07, 6.45) is 1.09. The molecule has 11 nitrogen and oxygen atoms in total. The van der Waals surface area contributed by atoms with Crippen LogP contribution in [0.15, 0.2) is 31.4 Å². The smallest absolute Gasteiger partial charge is 0.312 e. The molecule has 0 atom stereocenters. The minimum atomic E-state index is -0.725. The molecule has 0 saturated heterocycles. The van der Waals surface area contributed by atoms with Crippen molar-refractivity contribution in [2.24, 2.45) is 15.9 Å². The average molecular weight is 370 g/mol. The molecule has 0 aliphatic carbocycles. The number of aromatic nitrogens is 2. The number of hydrogen-bond acceptors (Lipinski definition) is 9. The van der Waals surface area contributed by atoms with E-state index in [9.17, 15) is 15.2 Å². The van der Waals surface area contributed by atoms with Crippen molar-refractivity contribution in [2.45, 2.75) is 0 Å². The summed E-state index contributed by atoms with van der Waals surface area (Å²) in [5.41, 5.74) is 10.6. The Labute approximate surface area is 130 Å². The highest BCUT2D eigenvalue weighted by atomic mass is 79.9. The molecule has 22 heavy (non-hydrogen) atoms. The molecule has 0 aliphatic heterocycles. The van der Waals surface area contributed by atoms with Gasteiger partial charge in [0.1, 0.15) is 0 Å². The summed E-state index contributed by atoms with van der Waals surface area (Å²) >= 11 is 3.09. The number of aromatic hydroxyl groups is 1. The molecule has 0 bridgehead atoms. The van der Waals surface area contributed by atoms with Gasteiger partial charge in [0.2, 0.25) is 5.75 Å². The maximum absolute atomic E-state index is 10.8. The van der Waals surface area contributed by atoms with Gasteiger partial charge < -0.3 is 16.6 Å². The van der Waals surface area contributed by atoms with E-state index in [2.05, 4.69) is 41.1 Å². The number of anilines is 1. The molecule has 2 aromatic rings. The monoisotopic (exact) mass is 369 g/mol. The van der Waals surface area contributed by atoms with Crippen LogP contribution in [-0.2, 0) is 0 Å². The fraction of sp³-hybridized carbons (Fsp3) is 0. The van der Waals surface area contributed by atoms with Gasteiger partial charge in [-0.25, -0.2) is 4.63 Å². The number of phenols is 1. The zero-order chi connectivity index (χ0) is 16.3. The van der Waals surface area contributed by atoms with Crippen molar-refractivity contribution in [1.29, 1.82) is 0 Å². The van der Waals surface area contributed by atoms with Crippen LogP contribution in [0.3, 0.4) is 0 Å². The van der Waals surface area contributed by atoms with E-state index in [-0.39, 0.29) is 22.9 Å². The van der Waals surface area contributed by atoms with E-state index >= 15 is 0 Å². The molecule has 0 saturated carbocycles. The summed E-state index contributed by atoms with van der Waals surface area (Å²) in [4.78, 5) is 10.1. The van der Waals surface area contributed by atoms with Crippen molar-refractivity contribution in [3.63, 3.8) is 0 Å². The number of nitrogen functional groups attached to an aromatic ring is 1. The third kappa shape index (κ3) is 3.17. The van der Waals surface area contributed by atoms with Crippen molar-refractivity contribution in [3.8, 4) is 5.75 Å². The number of amidine groups is 1. The second kappa shape index (κ2) is 6.17. The number of hydrogen-bond donors (Lipinski definition) is 3. The van der Waals surface area contributed by atoms with Gasteiger partial charge in [-0.2, -0.15) is 5.10 Å². The zero-order valence-corrected chi connectivity index (χ0v) is 12.3. The van der Waals surface area contributed by atoms with E-state index in [0.717, 1.165) is 12.3 Å². The van der Waals surface area contributed by atoms with Gasteiger partial charge in [0.25, 0.3) is 0 Å². The highest BCUT2D eigenvalue weighted by Gasteiger charge is 2.17. The molecule has 0 radical (unpaired) electrons. The van der Waals surface area contributed by atoms with Crippen LogP contribution in [0, 0.1) is 10.1 Å². The van der Waals surface area contributed by atoms with Crippen LogP contribution in [-0.4, -0.2) is 32.4 Å². The highest BCUT2D eigenvalue weighted by Crippen LogP contribution is 2.32. The standard InChI is InChI=1S/C10H8BrN7O4/c11-5-1-4(8(19)6(2-5)18(20)21)3-14-15-9(12)7-10(13)17-22-16-7/h1-3,19H,(H2,12,15)(H2,13,17)/b14-3-. The number of rotatable bonds is 4. The Bertz CT molecular complexity index is 786. The van der Waals surface area contributed by atoms with E-state index in [1.54, 1.807) is 0 Å². The number of nitro benzene ring substituents is 1. The first kappa shape index (κ1) is 15.4. The van der Waals surface area contributed by atoms with Crippen molar-refractivity contribution in [1.82, 2.24) is 10.3 Å². The molecule has 5 N–H and O–H groups in total. The molecular formula is C10H8BrN7O4. The largest absolute Gasteiger partial charge is 0.502 e. The molecule has 2 rings (SSSR count). The molecule has 0 amide bonds.